The number of nitrogens with one attached hydrogen (secondary N) is 2. The van der Waals surface area contributed by atoms with E-state index < -0.39 is 28.8 Å². The topological polar surface area (TPSA) is 108 Å². The maximum Gasteiger partial charge on any atom is 0.407 e. The molecule has 4 rings (SSSR count). The molecule has 36 heavy (non-hydrogen) atoms. The first-order chi connectivity index (χ1) is 16.9. The van der Waals surface area contributed by atoms with Gasteiger partial charge in [-0.1, -0.05) is 51.4 Å². The summed E-state index contributed by atoms with van der Waals surface area (Å²) in [5.74, 6) is -0.695. The fraction of sp³-hybridized carbons (Fsp3) is 0.667. The summed E-state index contributed by atoms with van der Waals surface area (Å²) in [4.78, 5) is 40.3. The lowest BCUT2D eigenvalue weighted by molar-refractivity contribution is -0.157. The predicted molar refractivity (Wildman–Crippen MR) is 136 cm³/mol. The SMILES string of the molecule is CC(C)[C@@H](NC(=O)C1CCC2(CCNC(=O)O2)C1)C(=O)N1CC[C@](O)(c2ccc(Cl)cc2)C(C)(C)C1. The van der Waals surface area contributed by atoms with Gasteiger partial charge in [0.1, 0.15) is 11.6 Å². The Morgan fingerprint density at radius 1 is 1.19 bits per heavy atom. The van der Waals surface area contributed by atoms with E-state index in [0.29, 0.717) is 56.8 Å². The zero-order chi connectivity index (χ0) is 26.3. The van der Waals surface area contributed by atoms with E-state index in [1.807, 2.05) is 39.8 Å². The second kappa shape index (κ2) is 9.86. The summed E-state index contributed by atoms with van der Waals surface area (Å²) >= 11 is 6.04. The Hall–Kier alpha value is -2.32. The molecule has 1 spiro atoms. The molecule has 1 aromatic carbocycles. The van der Waals surface area contributed by atoms with Gasteiger partial charge < -0.3 is 25.4 Å². The highest BCUT2D eigenvalue weighted by molar-refractivity contribution is 6.30. The number of hydrogen-bond donors (Lipinski definition) is 3. The van der Waals surface area contributed by atoms with Gasteiger partial charge in [0.05, 0.1) is 5.60 Å². The second-order valence-electron chi connectivity index (χ2n) is 11.7. The molecule has 1 aromatic rings. The van der Waals surface area contributed by atoms with Crippen LogP contribution in [0.3, 0.4) is 0 Å². The zero-order valence-corrected chi connectivity index (χ0v) is 22.4. The average Bonchev–Trinajstić information content (AvgIpc) is 3.21. The molecular weight excluding hydrogens is 482 g/mol. The Labute approximate surface area is 218 Å². The van der Waals surface area contributed by atoms with Crippen LogP contribution in [-0.2, 0) is 19.9 Å². The number of rotatable bonds is 5. The molecule has 2 unspecified atom stereocenters. The predicted octanol–water partition coefficient (Wildman–Crippen LogP) is 3.60. The van der Waals surface area contributed by atoms with Crippen LogP contribution in [0.5, 0.6) is 0 Å². The fourth-order valence-corrected chi connectivity index (χ4v) is 6.19. The molecule has 3 aliphatic rings. The quantitative estimate of drug-likeness (QED) is 0.551. The van der Waals surface area contributed by atoms with Crippen molar-refractivity contribution in [2.75, 3.05) is 19.6 Å². The molecule has 3 fully saturated rings. The Morgan fingerprint density at radius 2 is 1.89 bits per heavy atom. The molecule has 0 bridgehead atoms. The summed E-state index contributed by atoms with van der Waals surface area (Å²) in [5, 5.41) is 17.9. The number of piperidine rings is 1. The number of nitrogens with zero attached hydrogens (tertiary/aromatic N) is 1. The van der Waals surface area contributed by atoms with Crippen LogP contribution in [0.15, 0.2) is 24.3 Å². The van der Waals surface area contributed by atoms with Gasteiger partial charge in [-0.25, -0.2) is 4.79 Å². The number of aliphatic hydroxyl groups is 1. The van der Waals surface area contributed by atoms with Gasteiger partial charge in [0.15, 0.2) is 0 Å². The van der Waals surface area contributed by atoms with E-state index in [1.54, 1.807) is 17.0 Å². The van der Waals surface area contributed by atoms with Crippen molar-refractivity contribution < 1.29 is 24.2 Å². The number of benzene rings is 1. The smallest absolute Gasteiger partial charge is 0.407 e. The summed E-state index contributed by atoms with van der Waals surface area (Å²) in [7, 11) is 0. The Kier molecular flexibility index (Phi) is 7.32. The van der Waals surface area contributed by atoms with Crippen LogP contribution in [0, 0.1) is 17.3 Å². The third-order valence-electron chi connectivity index (χ3n) is 8.41. The average molecular weight is 520 g/mol. The van der Waals surface area contributed by atoms with Gasteiger partial charge in [-0.15, -0.1) is 0 Å². The van der Waals surface area contributed by atoms with Crippen LogP contribution in [0.25, 0.3) is 0 Å². The van der Waals surface area contributed by atoms with Crippen molar-refractivity contribution in [3.63, 3.8) is 0 Å². The molecule has 3 amide bonds. The van der Waals surface area contributed by atoms with Gasteiger partial charge >= 0.3 is 6.09 Å². The zero-order valence-electron chi connectivity index (χ0n) is 21.6. The number of carbonyl (C=O) groups excluding carboxylic acids is 3. The summed E-state index contributed by atoms with van der Waals surface area (Å²) in [6.07, 6.45) is 2.41. The van der Waals surface area contributed by atoms with Crippen LogP contribution in [0.1, 0.15) is 65.4 Å². The summed E-state index contributed by atoms with van der Waals surface area (Å²) < 4.78 is 5.56. The lowest BCUT2D eigenvalue weighted by Crippen LogP contribution is -2.60. The van der Waals surface area contributed by atoms with E-state index in [9.17, 15) is 19.5 Å². The number of halogens is 1. The first kappa shape index (κ1) is 26.7. The number of carbonyl (C=O) groups is 3. The van der Waals surface area contributed by atoms with Crippen LogP contribution < -0.4 is 10.6 Å². The van der Waals surface area contributed by atoms with E-state index in [-0.39, 0.29) is 23.7 Å². The van der Waals surface area contributed by atoms with Crippen LogP contribution in [0.4, 0.5) is 4.79 Å². The molecule has 1 aliphatic carbocycles. The van der Waals surface area contributed by atoms with Gasteiger partial charge in [0, 0.05) is 42.4 Å². The molecule has 2 aliphatic heterocycles. The lowest BCUT2D eigenvalue weighted by atomic mass is 9.66. The van der Waals surface area contributed by atoms with Crippen LogP contribution in [-0.4, -0.2) is 59.2 Å². The van der Waals surface area contributed by atoms with Gasteiger partial charge in [-0.05, 0) is 49.3 Å². The van der Waals surface area contributed by atoms with Crippen molar-refractivity contribution in [1.29, 1.82) is 0 Å². The monoisotopic (exact) mass is 519 g/mol. The van der Waals surface area contributed by atoms with E-state index in [1.165, 1.54) is 0 Å². The molecule has 198 valence electrons. The molecule has 3 N–H and O–H groups in total. The van der Waals surface area contributed by atoms with Crippen LogP contribution >= 0.6 is 11.6 Å². The molecule has 2 heterocycles. The molecule has 0 radical (unpaired) electrons. The van der Waals surface area contributed by atoms with Crippen LogP contribution in [0.2, 0.25) is 5.02 Å². The Bertz CT molecular complexity index is 1010. The third kappa shape index (κ3) is 5.07. The maximum atomic E-state index is 13.6. The second-order valence-corrected chi connectivity index (χ2v) is 12.1. The largest absolute Gasteiger partial charge is 0.443 e. The highest BCUT2D eigenvalue weighted by Crippen LogP contribution is 2.46. The van der Waals surface area contributed by atoms with Gasteiger partial charge in [0.25, 0.3) is 0 Å². The molecule has 2 saturated heterocycles. The normalized spacial score (nSPS) is 30.6. The number of alkyl carbamates (subject to hydrolysis) is 1. The van der Waals surface area contributed by atoms with Crippen molar-refractivity contribution in [1.82, 2.24) is 15.5 Å². The number of hydrogen-bond acceptors (Lipinski definition) is 5. The minimum atomic E-state index is -1.10. The Balaban J connectivity index is 1.42. The van der Waals surface area contributed by atoms with E-state index >= 15 is 0 Å². The number of amides is 3. The molecule has 0 aromatic heterocycles. The van der Waals surface area contributed by atoms with E-state index in [2.05, 4.69) is 10.6 Å². The minimum Gasteiger partial charge on any atom is -0.443 e. The number of ether oxygens (including phenoxy) is 1. The lowest BCUT2D eigenvalue weighted by Gasteiger charge is -2.51. The highest BCUT2D eigenvalue weighted by Gasteiger charge is 2.51. The Morgan fingerprint density at radius 3 is 2.50 bits per heavy atom. The highest BCUT2D eigenvalue weighted by atomic mass is 35.5. The summed E-state index contributed by atoms with van der Waals surface area (Å²) in [5.41, 5.74) is -1.51. The molecular formula is C27H38ClN3O5. The summed E-state index contributed by atoms with van der Waals surface area (Å²) in [6.45, 7) is 9.06. The maximum absolute atomic E-state index is 13.6. The first-order valence-electron chi connectivity index (χ1n) is 12.9. The van der Waals surface area contributed by atoms with Crippen molar-refractivity contribution in [3.05, 3.63) is 34.9 Å². The molecule has 9 heteroatoms. The van der Waals surface area contributed by atoms with Gasteiger partial charge in [0.2, 0.25) is 11.8 Å². The first-order valence-corrected chi connectivity index (χ1v) is 13.3. The van der Waals surface area contributed by atoms with Crippen molar-refractivity contribution in [2.45, 2.75) is 77.0 Å². The molecule has 4 atom stereocenters. The van der Waals surface area contributed by atoms with Gasteiger partial charge in [-0.2, -0.15) is 0 Å². The standard InChI is InChI=1S/C27H38ClN3O5/c1-17(2)21(30-22(32)18-9-10-26(15-18)11-13-29-24(34)36-26)23(33)31-14-12-27(35,25(3,4)16-31)19-5-7-20(28)8-6-19/h5-8,17-18,21,35H,9-16H2,1-4H3,(H,29,34)(H,30,32)/t18?,21-,26?,27+/m1/s1. The van der Waals surface area contributed by atoms with E-state index in [0.717, 1.165) is 5.56 Å². The minimum absolute atomic E-state index is 0.103. The van der Waals surface area contributed by atoms with Crippen molar-refractivity contribution in [3.8, 4) is 0 Å². The third-order valence-corrected chi connectivity index (χ3v) is 8.66. The summed E-state index contributed by atoms with van der Waals surface area (Å²) in [6, 6.07) is 6.55. The fourth-order valence-electron chi connectivity index (χ4n) is 6.06. The van der Waals surface area contributed by atoms with Crippen molar-refractivity contribution in [2.24, 2.45) is 17.3 Å². The number of likely N-dealkylation sites (tertiary alicyclic amines) is 1. The van der Waals surface area contributed by atoms with Crippen molar-refractivity contribution >= 4 is 29.5 Å². The molecule has 1 saturated carbocycles. The van der Waals surface area contributed by atoms with Gasteiger partial charge in [-0.3, -0.25) is 9.59 Å². The molecule has 8 nitrogen and oxygen atoms in total. The van der Waals surface area contributed by atoms with E-state index in [4.69, 9.17) is 16.3 Å².